The van der Waals surface area contributed by atoms with Gasteiger partial charge in [0.1, 0.15) is 5.76 Å². The summed E-state index contributed by atoms with van der Waals surface area (Å²) in [6.07, 6.45) is 0. The molecule has 7 heteroatoms. The number of aromatic nitrogens is 1. The predicted molar refractivity (Wildman–Crippen MR) is 78.6 cm³/mol. The van der Waals surface area contributed by atoms with Gasteiger partial charge in [-0.05, 0) is 13.8 Å². The van der Waals surface area contributed by atoms with Crippen molar-refractivity contribution in [1.82, 2.24) is 15.0 Å². The Morgan fingerprint density at radius 2 is 2.14 bits per heavy atom. The molecule has 22 heavy (non-hydrogen) atoms. The smallest absolute Gasteiger partial charge is 0.317 e. The SMILES string of the molecule is Cc1noc(C)c1CN1C[C@H]2COC[C@@H]1CN(CC(=O)O)C2. The van der Waals surface area contributed by atoms with E-state index in [1.165, 1.54) is 0 Å². The third-order valence-electron chi connectivity index (χ3n) is 4.56. The standard InChI is InChI=1S/C15H23N3O4/c1-10-14(11(2)22-16-10)6-18-4-12-3-17(7-15(19)20)5-13(18)9-21-8-12/h12-13H,3-9H2,1-2H3,(H,19,20)/t12-,13-/m0/s1. The molecule has 0 amide bonds. The second kappa shape index (κ2) is 6.36. The maximum absolute atomic E-state index is 11.0. The summed E-state index contributed by atoms with van der Waals surface area (Å²) in [4.78, 5) is 15.4. The molecule has 2 aliphatic heterocycles. The van der Waals surface area contributed by atoms with E-state index in [4.69, 9.17) is 14.4 Å². The molecule has 2 aliphatic rings. The van der Waals surface area contributed by atoms with Gasteiger partial charge in [-0.3, -0.25) is 14.6 Å². The summed E-state index contributed by atoms with van der Waals surface area (Å²) in [5.74, 6) is 0.435. The van der Waals surface area contributed by atoms with Crippen LogP contribution in [0.2, 0.25) is 0 Å². The molecule has 0 radical (unpaired) electrons. The van der Waals surface area contributed by atoms with Crippen LogP contribution in [0.1, 0.15) is 17.0 Å². The zero-order valence-electron chi connectivity index (χ0n) is 13.1. The zero-order chi connectivity index (χ0) is 15.7. The van der Waals surface area contributed by atoms with Gasteiger partial charge in [0.2, 0.25) is 0 Å². The lowest BCUT2D eigenvalue weighted by atomic mass is 10.1. The zero-order valence-corrected chi connectivity index (χ0v) is 13.1. The highest BCUT2D eigenvalue weighted by molar-refractivity contribution is 5.69. The number of rotatable bonds is 4. The molecule has 0 unspecified atom stereocenters. The second-order valence-corrected chi connectivity index (χ2v) is 6.38. The average molecular weight is 309 g/mol. The van der Waals surface area contributed by atoms with E-state index >= 15 is 0 Å². The fraction of sp³-hybridized carbons (Fsp3) is 0.733. The Balaban J connectivity index is 1.76. The monoisotopic (exact) mass is 309 g/mol. The molecule has 2 atom stereocenters. The number of carbonyl (C=O) groups is 1. The van der Waals surface area contributed by atoms with Crippen LogP contribution in [-0.4, -0.2) is 71.5 Å². The van der Waals surface area contributed by atoms with Crippen LogP contribution in [0.25, 0.3) is 0 Å². The highest BCUT2D eigenvalue weighted by atomic mass is 16.5. The van der Waals surface area contributed by atoms with Crippen LogP contribution in [-0.2, 0) is 16.1 Å². The molecule has 2 saturated heterocycles. The molecule has 0 aliphatic carbocycles. The number of carboxylic acids is 1. The highest BCUT2D eigenvalue weighted by Gasteiger charge is 2.34. The van der Waals surface area contributed by atoms with Gasteiger partial charge in [0.05, 0.1) is 25.5 Å². The Hall–Kier alpha value is -1.44. The van der Waals surface area contributed by atoms with Gasteiger partial charge in [0.25, 0.3) is 0 Å². The van der Waals surface area contributed by atoms with E-state index in [-0.39, 0.29) is 12.6 Å². The molecule has 2 fully saturated rings. The molecule has 3 rings (SSSR count). The molecular weight excluding hydrogens is 286 g/mol. The Morgan fingerprint density at radius 3 is 2.82 bits per heavy atom. The number of ether oxygens (including phenoxy) is 1. The number of nitrogens with zero attached hydrogens (tertiary/aromatic N) is 3. The van der Waals surface area contributed by atoms with Crippen LogP contribution < -0.4 is 0 Å². The van der Waals surface area contributed by atoms with Gasteiger partial charge in [-0.2, -0.15) is 0 Å². The summed E-state index contributed by atoms with van der Waals surface area (Å²) in [6.45, 7) is 8.56. The van der Waals surface area contributed by atoms with E-state index in [0.29, 0.717) is 19.1 Å². The van der Waals surface area contributed by atoms with Crippen molar-refractivity contribution >= 4 is 5.97 Å². The predicted octanol–water partition coefficient (Wildman–Crippen LogP) is 0.509. The molecular formula is C15H23N3O4. The van der Waals surface area contributed by atoms with Gasteiger partial charge < -0.3 is 14.4 Å². The summed E-state index contributed by atoms with van der Waals surface area (Å²) >= 11 is 0. The van der Waals surface area contributed by atoms with Gasteiger partial charge in [0, 0.05) is 43.7 Å². The molecule has 1 aromatic rings. The Bertz CT molecular complexity index is 525. The molecule has 0 spiro atoms. The third kappa shape index (κ3) is 3.31. The lowest BCUT2D eigenvalue weighted by Crippen LogP contribution is -2.45. The van der Waals surface area contributed by atoms with E-state index in [1.807, 2.05) is 18.7 Å². The van der Waals surface area contributed by atoms with Crippen molar-refractivity contribution < 1.29 is 19.2 Å². The molecule has 1 N–H and O–H groups in total. The lowest BCUT2D eigenvalue weighted by Gasteiger charge is -2.30. The average Bonchev–Trinajstić information content (AvgIpc) is 2.62. The van der Waals surface area contributed by atoms with E-state index in [0.717, 1.165) is 43.2 Å². The van der Waals surface area contributed by atoms with Crippen LogP contribution in [0.4, 0.5) is 0 Å². The first-order valence-corrected chi connectivity index (χ1v) is 7.70. The number of hydrogen-bond donors (Lipinski definition) is 1. The van der Waals surface area contributed by atoms with Crippen LogP contribution in [0.3, 0.4) is 0 Å². The normalized spacial score (nSPS) is 26.8. The minimum absolute atomic E-state index is 0.103. The topological polar surface area (TPSA) is 79.0 Å². The van der Waals surface area contributed by atoms with Crippen LogP contribution in [0.15, 0.2) is 4.52 Å². The van der Waals surface area contributed by atoms with Gasteiger partial charge in [-0.25, -0.2) is 0 Å². The van der Waals surface area contributed by atoms with Gasteiger partial charge in [-0.15, -0.1) is 0 Å². The fourth-order valence-electron chi connectivity index (χ4n) is 3.47. The summed E-state index contributed by atoms with van der Waals surface area (Å²) in [5.41, 5.74) is 2.07. The first-order valence-electron chi connectivity index (χ1n) is 7.70. The van der Waals surface area contributed by atoms with Crippen molar-refractivity contribution in [1.29, 1.82) is 0 Å². The molecule has 7 nitrogen and oxygen atoms in total. The molecule has 3 heterocycles. The van der Waals surface area contributed by atoms with E-state index < -0.39 is 5.97 Å². The van der Waals surface area contributed by atoms with Crippen molar-refractivity contribution in [2.45, 2.75) is 26.4 Å². The summed E-state index contributed by atoms with van der Waals surface area (Å²) in [7, 11) is 0. The molecule has 0 aromatic carbocycles. The number of carboxylic acid groups (broad SMARTS) is 1. The minimum Gasteiger partial charge on any atom is -0.480 e. The highest BCUT2D eigenvalue weighted by Crippen LogP contribution is 2.23. The number of fused-ring (bicyclic) bond motifs is 3. The Kier molecular flexibility index (Phi) is 4.46. The van der Waals surface area contributed by atoms with E-state index in [9.17, 15) is 4.79 Å². The van der Waals surface area contributed by atoms with Crippen LogP contribution in [0.5, 0.6) is 0 Å². The Labute approximate surface area is 129 Å². The minimum atomic E-state index is -0.766. The second-order valence-electron chi connectivity index (χ2n) is 6.38. The molecule has 1 aromatic heterocycles. The van der Waals surface area contributed by atoms with Gasteiger partial charge in [-0.1, -0.05) is 5.16 Å². The maximum atomic E-state index is 11.0. The summed E-state index contributed by atoms with van der Waals surface area (Å²) in [6, 6.07) is 0.209. The summed E-state index contributed by atoms with van der Waals surface area (Å²) < 4.78 is 11.0. The van der Waals surface area contributed by atoms with Crippen molar-refractivity contribution in [2.24, 2.45) is 5.92 Å². The van der Waals surface area contributed by atoms with Gasteiger partial charge >= 0.3 is 5.97 Å². The van der Waals surface area contributed by atoms with E-state index in [1.54, 1.807) is 0 Å². The fourth-order valence-corrected chi connectivity index (χ4v) is 3.47. The van der Waals surface area contributed by atoms with Crippen molar-refractivity contribution in [3.05, 3.63) is 17.0 Å². The van der Waals surface area contributed by atoms with E-state index in [2.05, 4.69) is 10.1 Å². The Morgan fingerprint density at radius 1 is 1.32 bits per heavy atom. The number of hydrogen-bond acceptors (Lipinski definition) is 6. The molecule has 2 bridgehead atoms. The van der Waals surface area contributed by atoms with Crippen molar-refractivity contribution in [3.8, 4) is 0 Å². The molecule has 122 valence electrons. The summed E-state index contributed by atoms with van der Waals surface area (Å²) in [5, 5.41) is 13.1. The van der Waals surface area contributed by atoms with Crippen molar-refractivity contribution in [2.75, 3.05) is 39.4 Å². The molecule has 0 saturated carbocycles. The number of aliphatic carboxylic acids is 1. The first kappa shape index (κ1) is 15.5. The first-order chi connectivity index (χ1) is 10.5. The third-order valence-corrected chi connectivity index (χ3v) is 4.56. The lowest BCUT2D eigenvalue weighted by molar-refractivity contribution is -0.138. The van der Waals surface area contributed by atoms with Crippen LogP contribution in [0, 0.1) is 19.8 Å². The quantitative estimate of drug-likeness (QED) is 0.868. The largest absolute Gasteiger partial charge is 0.480 e. The number of aryl methyl sites for hydroxylation is 2. The maximum Gasteiger partial charge on any atom is 0.317 e. The van der Waals surface area contributed by atoms with Gasteiger partial charge in [0.15, 0.2) is 0 Å². The van der Waals surface area contributed by atoms with Crippen LogP contribution >= 0.6 is 0 Å². The van der Waals surface area contributed by atoms with Crippen molar-refractivity contribution in [3.63, 3.8) is 0 Å².